The van der Waals surface area contributed by atoms with Crippen molar-refractivity contribution in [2.45, 2.75) is 0 Å². The van der Waals surface area contributed by atoms with Gasteiger partial charge in [0.1, 0.15) is 11.8 Å². The molecule has 1 heterocycles. The summed E-state index contributed by atoms with van der Waals surface area (Å²) in [5.41, 5.74) is 1.80. The van der Waals surface area contributed by atoms with Crippen molar-refractivity contribution in [1.29, 1.82) is 5.26 Å². The third-order valence-corrected chi connectivity index (χ3v) is 5.31. The Labute approximate surface area is 189 Å². The maximum Gasteiger partial charge on any atom is 0.282 e. The number of rotatable bonds is 5. The molecule has 1 aromatic heterocycles. The first-order chi connectivity index (χ1) is 16.3. The highest BCUT2D eigenvalue weighted by Crippen LogP contribution is 2.27. The van der Waals surface area contributed by atoms with Crippen LogP contribution in [0.2, 0.25) is 0 Å². The Balaban J connectivity index is 1.74. The van der Waals surface area contributed by atoms with E-state index in [9.17, 15) is 4.79 Å². The van der Waals surface area contributed by atoms with Crippen molar-refractivity contribution in [3.63, 3.8) is 0 Å². The van der Waals surface area contributed by atoms with Crippen molar-refractivity contribution in [1.82, 2.24) is 9.66 Å². The van der Waals surface area contributed by atoms with Crippen LogP contribution in [0.5, 0.6) is 5.75 Å². The number of ether oxygens (including phenoxy) is 1. The number of para-hydroxylation sites is 1. The summed E-state index contributed by atoms with van der Waals surface area (Å²) in [7, 11) is 0. The van der Waals surface area contributed by atoms with Crippen LogP contribution in [-0.4, -0.2) is 22.5 Å². The molecule has 0 N–H and O–H groups in total. The van der Waals surface area contributed by atoms with Crippen LogP contribution in [-0.2, 0) is 0 Å². The second kappa shape index (κ2) is 8.77. The van der Waals surface area contributed by atoms with Gasteiger partial charge in [0.25, 0.3) is 5.56 Å². The van der Waals surface area contributed by atoms with E-state index in [1.54, 1.807) is 24.4 Å². The molecule has 0 amide bonds. The lowest BCUT2D eigenvalue weighted by Crippen LogP contribution is -2.20. The van der Waals surface area contributed by atoms with E-state index in [2.05, 4.69) is 5.10 Å². The molecule has 6 nitrogen and oxygen atoms in total. The molecule has 0 aliphatic carbocycles. The molecular formula is C27H18N4O2. The van der Waals surface area contributed by atoms with E-state index in [4.69, 9.17) is 15.0 Å². The molecule has 0 saturated carbocycles. The van der Waals surface area contributed by atoms with Crippen LogP contribution in [0.25, 0.3) is 33.1 Å². The van der Waals surface area contributed by atoms with E-state index in [-0.39, 0.29) is 12.2 Å². The van der Waals surface area contributed by atoms with Crippen LogP contribution in [0, 0.1) is 11.3 Å². The van der Waals surface area contributed by atoms with Crippen LogP contribution < -0.4 is 10.3 Å². The average molecular weight is 430 g/mol. The number of nitriles is 1. The molecule has 0 radical (unpaired) electrons. The van der Waals surface area contributed by atoms with Gasteiger partial charge in [-0.1, -0.05) is 72.8 Å². The number of hydrogen-bond donors (Lipinski definition) is 0. The zero-order valence-corrected chi connectivity index (χ0v) is 17.6. The summed E-state index contributed by atoms with van der Waals surface area (Å²) < 4.78 is 6.96. The lowest BCUT2D eigenvalue weighted by atomic mass is 10.0. The van der Waals surface area contributed by atoms with E-state index >= 15 is 0 Å². The molecule has 33 heavy (non-hydrogen) atoms. The van der Waals surface area contributed by atoms with Gasteiger partial charge >= 0.3 is 0 Å². The van der Waals surface area contributed by atoms with Gasteiger partial charge in [0.2, 0.25) is 0 Å². The summed E-state index contributed by atoms with van der Waals surface area (Å²) in [4.78, 5) is 18.1. The number of hydrogen-bond acceptors (Lipinski definition) is 5. The van der Waals surface area contributed by atoms with Crippen LogP contribution in [0.4, 0.5) is 0 Å². The van der Waals surface area contributed by atoms with Crippen molar-refractivity contribution in [2.75, 3.05) is 6.61 Å². The van der Waals surface area contributed by atoms with Crippen LogP contribution in [0.1, 0.15) is 5.56 Å². The molecule has 0 unspecified atom stereocenters. The molecule has 4 aromatic carbocycles. The second-order valence-corrected chi connectivity index (χ2v) is 7.33. The molecule has 0 aliphatic rings. The van der Waals surface area contributed by atoms with Crippen molar-refractivity contribution in [3.8, 4) is 23.2 Å². The topological polar surface area (TPSA) is 80.3 Å². The smallest absolute Gasteiger partial charge is 0.282 e. The summed E-state index contributed by atoms with van der Waals surface area (Å²) in [6.07, 6.45) is 1.60. The molecule has 0 saturated heterocycles. The fraction of sp³-hybridized carbons (Fsp3) is 0.0370. The number of nitrogens with zero attached hydrogens (tertiary/aromatic N) is 4. The Morgan fingerprint density at radius 3 is 2.45 bits per heavy atom. The van der Waals surface area contributed by atoms with Crippen LogP contribution in [0.15, 0.2) is 101 Å². The van der Waals surface area contributed by atoms with Gasteiger partial charge in [-0.3, -0.25) is 4.79 Å². The van der Waals surface area contributed by atoms with Gasteiger partial charge < -0.3 is 4.74 Å². The highest BCUT2D eigenvalue weighted by Gasteiger charge is 2.13. The molecule has 158 valence electrons. The molecule has 0 bridgehead atoms. The predicted molar refractivity (Wildman–Crippen MR) is 129 cm³/mol. The summed E-state index contributed by atoms with van der Waals surface area (Å²) in [5, 5.41) is 15.9. The van der Waals surface area contributed by atoms with Crippen molar-refractivity contribution in [2.24, 2.45) is 5.10 Å². The van der Waals surface area contributed by atoms with E-state index < -0.39 is 0 Å². The second-order valence-electron chi connectivity index (χ2n) is 7.33. The Morgan fingerprint density at radius 1 is 0.909 bits per heavy atom. The summed E-state index contributed by atoms with van der Waals surface area (Å²) >= 11 is 0. The zero-order chi connectivity index (χ0) is 22.6. The number of aromatic nitrogens is 2. The third kappa shape index (κ3) is 3.84. The molecule has 5 aromatic rings. The van der Waals surface area contributed by atoms with Gasteiger partial charge in [-0.25, -0.2) is 4.98 Å². The monoisotopic (exact) mass is 430 g/mol. The highest BCUT2D eigenvalue weighted by atomic mass is 16.5. The molecule has 0 aliphatic heterocycles. The average Bonchev–Trinajstić information content (AvgIpc) is 2.87. The maximum atomic E-state index is 13.4. The highest BCUT2D eigenvalue weighted by molar-refractivity contribution is 6.02. The van der Waals surface area contributed by atoms with Crippen molar-refractivity contribution < 1.29 is 4.74 Å². The first-order valence-electron chi connectivity index (χ1n) is 10.4. The van der Waals surface area contributed by atoms with Crippen molar-refractivity contribution in [3.05, 3.63) is 107 Å². The van der Waals surface area contributed by atoms with Gasteiger partial charge in [-0.15, -0.1) is 0 Å². The molecule has 0 fully saturated rings. The first-order valence-corrected chi connectivity index (χ1v) is 10.4. The quantitative estimate of drug-likeness (QED) is 0.368. The van der Waals surface area contributed by atoms with Gasteiger partial charge in [0, 0.05) is 11.1 Å². The Hall–Kier alpha value is -4.76. The van der Waals surface area contributed by atoms with E-state index in [0.29, 0.717) is 28.0 Å². The molecular weight excluding hydrogens is 412 g/mol. The zero-order valence-electron chi connectivity index (χ0n) is 17.6. The van der Waals surface area contributed by atoms with Crippen LogP contribution in [0.3, 0.4) is 0 Å². The van der Waals surface area contributed by atoms with Crippen molar-refractivity contribution >= 4 is 27.9 Å². The molecule has 5 rings (SSSR count). The summed E-state index contributed by atoms with van der Waals surface area (Å²) in [6.45, 7) is -0.0913. The van der Waals surface area contributed by atoms with Gasteiger partial charge in [-0.2, -0.15) is 15.0 Å². The standard InChI is InChI=1S/C27H18N4O2/c28-16-17-33-25-15-14-19-8-4-5-11-21(19)23(25)18-29-31-26(20-9-2-1-3-10-20)30-24-13-7-6-12-22(24)27(31)32/h1-15,18H,17H2. The fourth-order valence-corrected chi connectivity index (χ4v) is 3.77. The lowest BCUT2D eigenvalue weighted by Gasteiger charge is -2.11. The first kappa shape index (κ1) is 20.2. The minimum absolute atomic E-state index is 0.0913. The normalized spacial score (nSPS) is 11.1. The fourth-order valence-electron chi connectivity index (χ4n) is 3.77. The van der Waals surface area contributed by atoms with Gasteiger partial charge in [0.05, 0.1) is 17.1 Å². The molecule has 0 atom stereocenters. The van der Waals surface area contributed by atoms with E-state index in [0.717, 1.165) is 16.3 Å². The third-order valence-electron chi connectivity index (χ3n) is 5.31. The lowest BCUT2D eigenvalue weighted by molar-refractivity contribution is 0.368. The van der Waals surface area contributed by atoms with E-state index in [1.807, 2.05) is 78.9 Å². The number of fused-ring (bicyclic) bond motifs is 2. The summed E-state index contributed by atoms with van der Waals surface area (Å²) in [6, 6.07) is 30.2. The van der Waals surface area contributed by atoms with Gasteiger partial charge in [-0.05, 0) is 29.0 Å². The minimum Gasteiger partial charge on any atom is -0.478 e. The molecule has 0 spiro atoms. The SMILES string of the molecule is N#CCOc1ccc2ccccc2c1C=Nn1c(-c2ccccc2)nc2ccccc2c1=O. The van der Waals surface area contributed by atoms with Crippen LogP contribution >= 0.6 is 0 Å². The summed E-state index contributed by atoms with van der Waals surface area (Å²) in [5.74, 6) is 0.956. The largest absolute Gasteiger partial charge is 0.478 e. The molecule has 6 heteroatoms. The van der Waals surface area contributed by atoms with E-state index in [1.165, 1.54) is 4.68 Å². The Kier molecular flexibility index (Phi) is 5.36. The predicted octanol–water partition coefficient (Wildman–Crippen LogP) is 5.00. The maximum absolute atomic E-state index is 13.4. The Morgan fingerprint density at radius 2 is 1.64 bits per heavy atom. The number of benzene rings is 4. The minimum atomic E-state index is -0.268. The van der Waals surface area contributed by atoms with Gasteiger partial charge in [0.15, 0.2) is 12.4 Å². The Bertz CT molecular complexity index is 1600.